The molecule has 0 saturated carbocycles. The van der Waals surface area contributed by atoms with Gasteiger partial charge in [-0.3, -0.25) is 9.69 Å². The van der Waals surface area contributed by atoms with Gasteiger partial charge in [-0.2, -0.15) is 5.26 Å². The Balaban J connectivity index is 2.09. The summed E-state index contributed by atoms with van der Waals surface area (Å²) in [6, 6.07) is 5.86. The molecule has 1 fully saturated rings. The molecule has 0 spiro atoms. The van der Waals surface area contributed by atoms with Gasteiger partial charge in [-0.1, -0.05) is 6.07 Å². The zero-order valence-electron chi connectivity index (χ0n) is 12.5. The van der Waals surface area contributed by atoms with Crippen LogP contribution in [-0.2, 0) is 11.3 Å². The van der Waals surface area contributed by atoms with E-state index >= 15 is 0 Å². The first-order valence-corrected chi connectivity index (χ1v) is 7.25. The Kier molecular flexibility index (Phi) is 4.59. The molecule has 0 aromatic carbocycles. The van der Waals surface area contributed by atoms with E-state index in [1.54, 1.807) is 20.0 Å². The van der Waals surface area contributed by atoms with Gasteiger partial charge in [0.05, 0.1) is 5.41 Å². The number of carboxylic acids is 1. The Morgan fingerprint density at radius 2 is 2.38 bits per heavy atom. The first-order chi connectivity index (χ1) is 9.95. The van der Waals surface area contributed by atoms with E-state index in [4.69, 9.17) is 5.26 Å². The van der Waals surface area contributed by atoms with Gasteiger partial charge in [0.15, 0.2) is 0 Å². The summed E-state index contributed by atoms with van der Waals surface area (Å²) < 4.78 is 0. The highest BCUT2D eigenvalue weighted by molar-refractivity contribution is 5.74. The number of pyridine rings is 1. The first kappa shape index (κ1) is 15.5. The van der Waals surface area contributed by atoms with Gasteiger partial charge in [0.2, 0.25) is 0 Å². The molecule has 21 heavy (non-hydrogen) atoms. The van der Waals surface area contributed by atoms with Crippen molar-refractivity contribution in [2.75, 3.05) is 13.1 Å². The van der Waals surface area contributed by atoms with Crippen LogP contribution in [-0.4, -0.2) is 34.0 Å². The maximum Gasteiger partial charge on any atom is 0.309 e. The summed E-state index contributed by atoms with van der Waals surface area (Å²) >= 11 is 0. The molecule has 1 aromatic rings. The first-order valence-electron chi connectivity index (χ1n) is 7.25. The largest absolute Gasteiger partial charge is 0.481 e. The van der Waals surface area contributed by atoms with Gasteiger partial charge in [0.1, 0.15) is 11.8 Å². The van der Waals surface area contributed by atoms with Gasteiger partial charge in [0, 0.05) is 24.8 Å². The lowest BCUT2D eigenvalue weighted by Gasteiger charge is -2.39. The minimum absolute atomic E-state index is 0.131. The highest BCUT2D eigenvalue weighted by atomic mass is 16.4. The predicted octanol–water partition coefficient (Wildman–Crippen LogP) is 2.28. The highest BCUT2D eigenvalue weighted by Crippen LogP contribution is 2.34. The summed E-state index contributed by atoms with van der Waals surface area (Å²) in [6.45, 7) is 5.94. The Morgan fingerprint density at radius 3 is 3.05 bits per heavy atom. The van der Waals surface area contributed by atoms with Crippen molar-refractivity contribution in [3.05, 3.63) is 29.6 Å². The number of aromatic nitrogens is 1. The van der Waals surface area contributed by atoms with Gasteiger partial charge in [0.25, 0.3) is 0 Å². The van der Waals surface area contributed by atoms with Crippen LogP contribution in [0.25, 0.3) is 0 Å². The van der Waals surface area contributed by atoms with Gasteiger partial charge in [-0.05, 0) is 45.2 Å². The molecule has 2 rings (SSSR count). The summed E-state index contributed by atoms with van der Waals surface area (Å²) in [5.74, 6) is -0.612. The van der Waals surface area contributed by atoms with Crippen LogP contribution >= 0.6 is 0 Å². The topological polar surface area (TPSA) is 77.2 Å². The second-order valence-electron chi connectivity index (χ2n) is 6.22. The van der Waals surface area contributed by atoms with Crippen LogP contribution in [0.3, 0.4) is 0 Å². The molecule has 5 heteroatoms. The summed E-state index contributed by atoms with van der Waals surface area (Å²) in [6.07, 6.45) is 3.55. The summed E-state index contributed by atoms with van der Waals surface area (Å²) in [7, 11) is 0. The third-order valence-corrected chi connectivity index (χ3v) is 4.47. The molecule has 2 heterocycles. The van der Waals surface area contributed by atoms with Crippen LogP contribution in [0.5, 0.6) is 0 Å². The van der Waals surface area contributed by atoms with E-state index in [1.165, 1.54) is 0 Å². The van der Waals surface area contributed by atoms with Crippen molar-refractivity contribution in [2.45, 2.75) is 33.2 Å². The number of nitrogens with zero attached hydrogens (tertiary/aromatic N) is 3. The fourth-order valence-electron chi connectivity index (χ4n) is 2.87. The highest BCUT2D eigenvalue weighted by Gasteiger charge is 2.39. The summed E-state index contributed by atoms with van der Waals surface area (Å²) in [5.41, 5.74) is 0.650. The van der Waals surface area contributed by atoms with Crippen molar-refractivity contribution in [3.63, 3.8) is 0 Å². The molecular weight excluding hydrogens is 266 g/mol. The van der Waals surface area contributed by atoms with E-state index in [2.05, 4.69) is 16.0 Å². The third kappa shape index (κ3) is 3.40. The smallest absolute Gasteiger partial charge is 0.309 e. The van der Waals surface area contributed by atoms with E-state index in [0.29, 0.717) is 12.2 Å². The number of carboxylic acid groups (broad SMARTS) is 1. The Bertz CT molecular complexity index is 563. The lowest BCUT2D eigenvalue weighted by molar-refractivity contribution is -0.151. The fraction of sp³-hybridized carbons (Fsp3) is 0.562. The van der Waals surface area contributed by atoms with Crippen LogP contribution in [0.4, 0.5) is 0 Å². The van der Waals surface area contributed by atoms with Crippen molar-refractivity contribution in [3.8, 4) is 6.07 Å². The summed E-state index contributed by atoms with van der Waals surface area (Å²) in [4.78, 5) is 17.7. The number of rotatable bonds is 4. The number of aliphatic carboxylic acids is 1. The van der Waals surface area contributed by atoms with Crippen molar-refractivity contribution in [1.82, 2.24) is 9.88 Å². The molecule has 0 aliphatic carbocycles. The fourth-order valence-corrected chi connectivity index (χ4v) is 2.87. The van der Waals surface area contributed by atoms with Gasteiger partial charge < -0.3 is 5.11 Å². The van der Waals surface area contributed by atoms with Crippen LogP contribution < -0.4 is 0 Å². The Labute approximate surface area is 125 Å². The third-order valence-electron chi connectivity index (χ3n) is 4.47. The maximum atomic E-state index is 11.4. The molecule has 0 radical (unpaired) electrons. The SMILES string of the molecule is CC(C)(C(=O)O)C1CCCN(Cc2cccnc2C#N)C1. The average Bonchev–Trinajstić information content (AvgIpc) is 2.48. The van der Waals surface area contributed by atoms with Gasteiger partial charge >= 0.3 is 5.97 Å². The van der Waals surface area contributed by atoms with Gasteiger partial charge in [-0.15, -0.1) is 0 Å². The normalized spacial score (nSPS) is 20.0. The molecule has 1 unspecified atom stereocenters. The monoisotopic (exact) mass is 287 g/mol. The molecule has 0 bridgehead atoms. The molecule has 5 nitrogen and oxygen atoms in total. The molecule has 1 N–H and O–H groups in total. The Hall–Kier alpha value is -1.93. The minimum atomic E-state index is -0.742. The number of hydrogen-bond acceptors (Lipinski definition) is 4. The van der Waals surface area contributed by atoms with E-state index in [-0.39, 0.29) is 5.92 Å². The predicted molar refractivity (Wildman–Crippen MR) is 78.4 cm³/mol. The average molecular weight is 287 g/mol. The lowest BCUT2D eigenvalue weighted by atomic mass is 9.74. The number of likely N-dealkylation sites (tertiary alicyclic amines) is 1. The standard InChI is InChI=1S/C16H21N3O2/c1-16(2,15(20)21)13-6-4-8-19(11-13)10-12-5-3-7-18-14(12)9-17/h3,5,7,13H,4,6,8,10-11H2,1-2H3,(H,20,21). The van der Waals surface area contributed by atoms with Crippen LogP contribution in [0.2, 0.25) is 0 Å². The maximum absolute atomic E-state index is 11.4. The van der Waals surface area contributed by atoms with E-state index in [9.17, 15) is 9.90 Å². The van der Waals surface area contributed by atoms with E-state index in [1.807, 2.05) is 12.1 Å². The minimum Gasteiger partial charge on any atom is -0.481 e. The second-order valence-corrected chi connectivity index (χ2v) is 6.22. The summed E-state index contributed by atoms with van der Waals surface area (Å²) in [5, 5.41) is 18.5. The lowest BCUT2D eigenvalue weighted by Crippen LogP contribution is -2.44. The van der Waals surface area contributed by atoms with E-state index in [0.717, 1.165) is 31.5 Å². The molecule has 0 amide bonds. The Morgan fingerprint density at radius 1 is 1.62 bits per heavy atom. The van der Waals surface area contributed by atoms with Crippen molar-refractivity contribution in [1.29, 1.82) is 5.26 Å². The van der Waals surface area contributed by atoms with Gasteiger partial charge in [-0.25, -0.2) is 4.98 Å². The molecule has 1 aromatic heterocycles. The van der Waals surface area contributed by atoms with Crippen molar-refractivity contribution < 1.29 is 9.90 Å². The molecule has 1 aliphatic heterocycles. The number of nitriles is 1. The molecule has 1 aliphatic rings. The van der Waals surface area contributed by atoms with Crippen molar-refractivity contribution >= 4 is 5.97 Å². The zero-order chi connectivity index (χ0) is 15.5. The van der Waals surface area contributed by atoms with Crippen LogP contribution in [0.15, 0.2) is 18.3 Å². The molecule has 112 valence electrons. The van der Waals surface area contributed by atoms with E-state index < -0.39 is 11.4 Å². The molecule has 1 atom stereocenters. The molecule has 1 saturated heterocycles. The molecular formula is C16H21N3O2. The van der Waals surface area contributed by atoms with Crippen molar-refractivity contribution in [2.24, 2.45) is 11.3 Å². The number of hydrogen-bond donors (Lipinski definition) is 1. The quantitative estimate of drug-likeness (QED) is 0.919. The zero-order valence-corrected chi connectivity index (χ0v) is 12.5. The number of piperidine rings is 1. The number of carbonyl (C=O) groups is 1. The van der Waals surface area contributed by atoms with Crippen LogP contribution in [0, 0.1) is 22.7 Å². The second kappa shape index (κ2) is 6.23. The van der Waals surface area contributed by atoms with Crippen LogP contribution in [0.1, 0.15) is 37.9 Å².